The van der Waals surface area contributed by atoms with Crippen LogP contribution in [0.4, 0.5) is 5.13 Å². The molecule has 0 unspecified atom stereocenters. The quantitative estimate of drug-likeness (QED) is 0.620. The minimum Gasteiger partial charge on any atom is -0.465 e. The van der Waals surface area contributed by atoms with E-state index >= 15 is 0 Å². The lowest BCUT2D eigenvalue weighted by molar-refractivity contribution is 0.0600. The van der Waals surface area contributed by atoms with Crippen LogP contribution in [-0.4, -0.2) is 24.0 Å². The molecule has 3 aromatic rings. The van der Waals surface area contributed by atoms with Crippen LogP contribution < -0.4 is 5.32 Å². The summed E-state index contributed by atoms with van der Waals surface area (Å²) in [5.74, 6) is -0.567. The number of anilines is 1. The number of aromatic nitrogens is 1. The lowest BCUT2D eigenvalue weighted by Gasteiger charge is -2.01. The van der Waals surface area contributed by atoms with Crippen LogP contribution in [0.15, 0.2) is 45.6 Å². The molecule has 24 heavy (non-hydrogen) atoms. The summed E-state index contributed by atoms with van der Waals surface area (Å²) < 4.78 is 5.57. The van der Waals surface area contributed by atoms with Crippen LogP contribution in [0.3, 0.4) is 0 Å². The van der Waals surface area contributed by atoms with Gasteiger partial charge in [0.05, 0.1) is 27.0 Å². The summed E-state index contributed by atoms with van der Waals surface area (Å²) in [7, 11) is 1.35. The van der Waals surface area contributed by atoms with Crippen molar-refractivity contribution in [1.82, 2.24) is 4.98 Å². The van der Waals surface area contributed by atoms with E-state index in [9.17, 15) is 9.59 Å². The molecule has 0 bridgehead atoms. The third kappa shape index (κ3) is 3.72. The van der Waals surface area contributed by atoms with Crippen LogP contribution in [-0.2, 0) is 4.74 Å². The number of esters is 1. The molecule has 122 valence electrons. The monoisotopic (exact) mass is 422 g/mol. The largest absolute Gasteiger partial charge is 0.465 e. The highest BCUT2D eigenvalue weighted by Gasteiger charge is 2.12. The molecule has 0 radical (unpaired) electrons. The molecular formula is C16H11BrN2O3S2. The van der Waals surface area contributed by atoms with Crippen LogP contribution in [0.2, 0.25) is 0 Å². The number of thiazole rings is 1. The number of thiophene rings is 1. The number of methoxy groups -OCH3 is 1. The SMILES string of the molecule is COC(=O)c1ccc(-c2csc(NC(=O)c3ccc(Br)s3)n2)cc1. The Morgan fingerprint density at radius 2 is 1.92 bits per heavy atom. The standard InChI is InChI=1S/C16H11BrN2O3S2/c1-22-15(21)10-4-2-9(3-5-10)11-8-23-16(18-11)19-14(20)12-6-7-13(17)24-12/h2-8H,1H3,(H,18,19,20). The van der Waals surface area contributed by atoms with Crippen molar-refractivity contribution in [2.45, 2.75) is 0 Å². The molecule has 0 spiro atoms. The minimum atomic E-state index is -0.380. The van der Waals surface area contributed by atoms with Crippen molar-refractivity contribution in [3.63, 3.8) is 0 Å². The summed E-state index contributed by atoms with van der Waals surface area (Å²) in [6.45, 7) is 0. The van der Waals surface area contributed by atoms with Crippen molar-refractivity contribution < 1.29 is 14.3 Å². The van der Waals surface area contributed by atoms with Crippen molar-refractivity contribution in [3.8, 4) is 11.3 Å². The van der Waals surface area contributed by atoms with Gasteiger partial charge in [0, 0.05) is 10.9 Å². The van der Waals surface area contributed by atoms with E-state index in [4.69, 9.17) is 0 Å². The molecule has 1 aromatic carbocycles. The summed E-state index contributed by atoms with van der Waals surface area (Å²) in [5.41, 5.74) is 2.07. The fourth-order valence-corrected chi connectivity index (χ4v) is 3.95. The second-order valence-electron chi connectivity index (χ2n) is 4.66. The third-order valence-corrected chi connectivity index (χ3v) is 5.50. The number of carbonyl (C=O) groups excluding carboxylic acids is 2. The molecule has 8 heteroatoms. The normalized spacial score (nSPS) is 10.4. The van der Waals surface area contributed by atoms with Crippen molar-refractivity contribution in [2.24, 2.45) is 0 Å². The first-order valence-electron chi connectivity index (χ1n) is 6.78. The maximum Gasteiger partial charge on any atom is 0.337 e. The first kappa shape index (κ1) is 16.8. The van der Waals surface area contributed by atoms with E-state index in [0.29, 0.717) is 15.6 Å². The number of benzene rings is 1. The van der Waals surface area contributed by atoms with E-state index in [1.807, 2.05) is 11.4 Å². The van der Waals surface area contributed by atoms with Crippen molar-refractivity contribution in [2.75, 3.05) is 12.4 Å². The molecule has 1 N–H and O–H groups in total. The molecule has 0 aliphatic carbocycles. The molecule has 3 rings (SSSR count). The van der Waals surface area contributed by atoms with Crippen molar-refractivity contribution in [3.05, 3.63) is 56.0 Å². The van der Waals surface area contributed by atoms with Gasteiger partial charge in [0.1, 0.15) is 0 Å². The van der Waals surface area contributed by atoms with Crippen molar-refractivity contribution >= 4 is 55.6 Å². The molecular weight excluding hydrogens is 412 g/mol. The maximum atomic E-state index is 12.1. The smallest absolute Gasteiger partial charge is 0.337 e. The number of ether oxygens (including phenoxy) is 1. The number of halogens is 1. The van der Waals surface area contributed by atoms with E-state index in [2.05, 4.69) is 31.0 Å². The molecule has 0 fully saturated rings. The predicted molar refractivity (Wildman–Crippen MR) is 98.9 cm³/mol. The Hall–Kier alpha value is -2.03. The maximum absolute atomic E-state index is 12.1. The fraction of sp³-hybridized carbons (Fsp3) is 0.0625. The van der Waals surface area contributed by atoms with E-state index in [-0.39, 0.29) is 11.9 Å². The van der Waals surface area contributed by atoms with Gasteiger partial charge in [-0.15, -0.1) is 22.7 Å². The van der Waals surface area contributed by atoms with Gasteiger partial charge in [0.25, 0.3) is 5.91 Å². The highest BCUT2D eigenvalue weighted by Crippen LogP contribution is 2.27. The summed E-state index contributed by atoms with van der Waals surface area (Å²) >= 11 is 6.04. The van der Waals surface area contributed by atoms with Gasteiger partial charge in [-0.3, -0.25) is 10.1 Å². The van der Waals surface area contributed by atoms with Gasteiger partial charge in [0.15, 0.2) is 5.13 Å². The number of amides is 1. The zero-order valence-electron chi connectivity index (χ0n) is 12.4. The van der Waals surface area contributed by atoms with Gasteiger partial charge in [-0.05, 0) is 40.2 Å². The van der Waals surface area contributed by atoms with Gasteiger partial charge in [-0.2, -0.15) is 0 Å². The highest BCUT2D eigenvalue weighted by atomic mass is 79.9. The summed E-state index contributed by atoms with van der Waals surface area (Å²) in [6.07, 6.45) is 0. The number of rotatable bonds is 4. The van der Waals surface area contributed by atoms with Crippen LogP contribution in [0.25, 0.3) is 11.3 Å². The molecule has 0 saturated heterocycles. The Bertz CT molecular complexity index is 887. The summed E-state index contributed by atoms with van der Waals surface area (Å²) in [4.78, 5) is 28.6. The van der Waals surface area contributed by atoms with E-state index in [0.717, 1.165) is 15.0 Å². The Balaban J connectivity index is 1.73. The topological polar surface area (TPSA) is 68.3 Å². The Morgan fingerprint density at radius 3 is 2.54 bits per heavy atom. The first-order valence-corrected chi connectivity index (χ1v) is 9.26. The number of carbonyl (C=O) groups is 2. The summed E-state index contributed by atoms with van der Waals surface area (Å²) in [5, 5.41) is 5.16. The number of hydrogen-bond donors (Lipinski definition) is 1. The van der Waals surface area contributed by atoms with Gasteiger partial charge in [-0.1, -0.05) is 12.1 Å². The van der Waals surface area contributed by atoms with E-state index in [1.54, 1.807) is 30.3 Å². The molecule has 2 aromatic heterocycles. The Kier molecular flexibility index (Phi) is 5.08. The second kappa shape index (κ2) is 7.25. The molecule has 2 heterocycles. The van der Waals surface area contributed by atoms with Gasteiger partial charge < -0.3 is 4.74 Å². The Morgan fingerprint density at radius 1 is 1.17 bits per heavy atom. The summed E-state index contributed by atoms with van der Waals surface area (Å²) in [6, 6.07) is 10.5. The third-order valence-electron chi connectivity index (χ3n) is 3.12. The van der Waals surface area contributed by atoms with Crippen LogP contribution >= 0.6 is 38.6 Å². The number of hydrogen-bond acceptors (Lipinski definition) is 6. The molecule has 0 aliphatic heterocycles. The zero-order chi connectivity index (χ0) is 17.1. The fourth-order valence-electron chi connectivity index (χ4n) is 1.95. The zero-order valence-corrected chi connectivity index (χ0v) is 15.6. The average molecular weight is 423 g/mol. The number of nitrogens with one attached hydrogen (secondary N) is 1. The van der Waals surface area contributed by atoms with Crippen LogP contribution in [0.1, 0.15) is 20.0 Å². The second-order valence-corrected chi connectivity index (χ2v) is 7.99. The molecule has 5 nitrogen and oxygen atoms in total. The van der Waals surface area contributed by atoms with E-state index < -0.39 is 0 Å². The minimum absolute atomic E-state index is 0.187. The van der Waals surface area contributed by atoms with Gasteiger partial charge >= 0.3 is 5.97 Å². The predicted octanol–water partition coefficient (Wildman–Crippen LogP) is 4.67. The van der Waals surface area contributed by atoms with Crippen molar-refractivity contribution in [1.29, 1.82) is 0 Å². The molecule has 1 amide bonds. The van der Waals surface area contributed by atoms with Gasteiger partial charge in [-0.25, -0.2) is 9.78 Å². The Labute approximate surface area is 154 Å². The lowest BCUT2D eigenvalue weighted by Crippen LogP contribution is -2.09. The lowest BCUT2D eigenvalue weighted by atomic mass is 10.1. The highest BCUT2D eigenvalue weighted by molar-refractivity contribution is 9.11. The van der Waals surface area contributed by atoms with Crippen LogP contribution in [0.5, 0.6) is 0 Å². The average Bonchev–Trinajstić information content (AvgIpc) is 3.23. The van der Waals surface area contributed by atoms with E-state index in [1.165, 1.54) is 29.8 Å². The first-order chi connectivity index (χ1) is 11.6. The van der Waals surface area contributed by atoms with Gasteiger partial charge in [0.2, 0.25) is 0 Å². The molecule has 0 saturated carbocycles. The molecule has 0 aliphatic rings. The molecule has 0 atom stereocenters. The van der Waals surface area contributed by atoms with Crippen LogP contribution in [0, 0.1) is 0 Å². The number of nitrogens with zero attached hydrogens (tertiary/aromatic N) is 1.